The number of anilines is 1. The summed E-state index contributed by atoms with van der Waals surface area (Å²) in [6.07, 6.45) is 4.20. The van der Waals surface area contributed by atoms with Gasteiger partial charge in [0.2, 0.25) is 5.91 Å². The van der Waals surface area contributed by atoms with Crippen molar-refractivity contribution in [1.82, 2.24) is 10.3 Å². The molecule has 2 fully saturated rings. The summed E-state index contributed by atoms with van der Waals surface area (Å²) in [6, 6.07) is 3.80. The molecule has 1 saturated carbocycles. The van der Waals surface area contributed by atoms with Gasteiger partial charge in [-0.05, 0) is 34.3 Å². The lowest BCUT2D eigenvalue weighted by Crippen LogP contribution is -2.39. The molecule has 0 unspecified atom stereocenters. The summed E-state index contributed by atoms with van der Waals surface area (Å²) >= 11 is 3.36. The highest BCUT2D eigenvalue weighted by atomic mass is 79.9. The molecular formula is C20H26BrN3O3. The predicted molar refractivity (Wildman–Crippen MR) is 108 cm³/mol. The zero-order chi connectivity index (χ0) is 19.4. The Morgan fingerprint density at radius 3 is 2.89 bits per heavy atom. The van der Waals surface area contributed by atoms with Crippen LogP contribution in [0.25, 0.3) is 0 Å². The minimum atomic E-state index is -0.249. The Bertz CT molecular complexity index is 726. The van der Waals surface area contributed by atoms with Gasteiger partial charge in [0.1, 0.15) is 10.4 Å². The van der Waals surface area contributed by atoms with Gasteiger partial charge in [-0.2, -0.15) is 0 Å². The zero-order valence-corrected chi connectivity index (χ0v) is 17.1. The van der Waals surface area contributed by atoms with E-state index in [2.05, 4.69) is 51.6 Å². The number of nitrogens with one attached hydrogen (secondary N) is 2. The number of nitrogens with zero attached hydrogens (tertiary/aromatic N) is 1. The number of aromatic nitrogens is 1. The number of halogens is 1. The highest BCUT2D eigenvalue weighted by molar-refractivity contribution is 9.10. The summed E-state index contributed by atoms with van der Waals surface area (Å²) in [4.78, 5) is 17.2. The van der Waals surface area contributed by atoms with Gasteiger partial charge in [-0.25, -0.2) is 4.98 Å². The molecule has 4 atom stereocenters. The maximum Gasteiger partial charge on any atom is 0.242 e. The van der Waals surface area contributed by atoms with Gasteiger partial charge in [0.25, 0.3) is 0 Å². The Morgan fingerprint density at radius 2 is 2.15 bits per heavy atom. The molecule has 1 amide bonds. The Balaban J connectivity index is 1.62. The molecular weight excluding hydrogens is 410 g/mol. The van der Waals surface area contributed by atoms with Crippen molar-refractivity contribution in [2.24, 2.45) is 11.3 Å². The normalized spacial score (nSPS) is 28.4. The van der Waals surface area contributed by atoms with Gasteiger partial charge >= 0.3 is 0 Å². The molecule has 0 spiro atoms. The van der Waals surface area contributed by atoms with Crippen molar-refractivity contribution in [3.63, 3.8) is 0 Å². The van der Waals surface area contributed by atoms with Crippen LogP contribution >= 0.6 is 15.9 Å². The second-order valence-electron chi connectivity index (χ2n) is 7.16. The van der Waals surface area contributed by atoms with Crippen LogP contribution in [0.15, 0.2) is 42.0 Å². The third-order valence-electron chi connectivity index (χ3n) is 5.48. The lowest BCUT2D eigenvalue weighted by Gasteiger charge is -2.19. The quantitative estimate of drug-likeness (QED) is 0.335. The topological polar surface area (TPSA) is 72.5 Å². The first-order valence-electron chi connectivity index (χ1n) is 9.11. The molecule has 1 aromatic heterocycles. The Morgan fingerprint density at radius 1 is 1.41 bits per heavy atom. The fraction of sp³-hybridized carbons (Fsp3) is 0.500. The molecule has 2 aliphatic rings. The largest absolute Gasteiger partial charge is 0.377 e. The van der Waals surface area contributed by atoms with Crippen molar-refractivity contribution in [3.05, 3.63) is 47.6 Å². The van der Waals surface area contributed by atoms with Crippen LogP contribution in [-0.4, -0.2) is 42.8 Å². The summed E-state index contributed by atoms with van der Waals surface area (Å²) in [5.74, 6) is 0.956. The van der Waals surface area contributed by atoms with Crippen molar-refractivity contribution >= 4 is 27.7 Å². The SMILES string of the molecule is C=CCOCc1ccc(Br)nc1NC(=O)[C@@H]1C[C@]2(COCC=C)[C@H](C)[C@@H]2N1. The maximum atomic E-state index is 12.8. The van der Waals surface area contributed by atoms with Crippen LogP contribution in [0.1, 0.15) is 18.9 Å². The van der Waals surface area contributed by atoms with Gasteiger partial charge < -0.3 is 20.1 Å². The Hall–Kier alpha value is -1.54. The van der Waals surface area contributed by atoms with E-state index >= 15 is 0 Å². The first-order valence-corrected chi connectivity index (χ1v) is 9.90. The Kier molecular flexibility index (Phi) is 6.47. The van der Waals surface area contributed by atoms with E-state index in [1.54, 1.807) is 12.2 Å². The number of fused-ring (bicyclic) bond motifs is 1. The van der Waals surface area contributed by atoms with Crippen molar-refractivity contribution in [1.29, 1.82) is 0 Å². The van der Waals surface area contributed by atoms with Gasteiger partial charge in [0.15, 0.2) is 0 Å². The predicted octanol–water partition coefficient (Wildman–Crippen LogP) is 3.05. The number of amides is 1. The molecule has 0 aromatic carbocycles. The molecule has 0 radical (unpaired) electrons. The summed E-state index contributed by atoms with van der Waals surface area (Å²) in [5, 5.41) is 6.41. The van der Waals surface area contributed by atoms with E-state index in [0.717, 1.165) is 12.0 Å². The lowest BCUT2D eigenvalue weighted by atomic mass is 9.97. The summed E-state index contributed by atoms with van der Waals surface area (Å²) in [5.41, 5.74) is 0.875. The fourth-order valence-electron chi connectivity index (χ4n) is 3.90. The summed E-state index contributed by atoms with van der Waals surface area (Å²) < 4.78 is 11.8. The van der Waals surface area contributed by atoms with Crippen LogP contribution < -0.4 is 10.6 Å². The highest BCUT2D eigenvalue weighted by Gasteiger charge is 2.67. The van der Waals surface area contributed by atoms with Gasteiger partial charge in [-0.3, -0.25) is 4.79 Å². The number of ether oxygens (including phenoxy) is 2. The van der Waals surface area contributed by atoms with Crippen LogP contribution in [0.3, 0.4) is 0 Å². The van der Waals surface area contributed by atoms with E-state index < -0.39 is 0 Å². The third kappa shape index (κ3) is 4.32. The first-order chi connectivity index (χ1) is 13.0. The van der Waals surface area contributed by atoms with E-state index in [4.69, 9.17) is 9.47 Å². The number of piperidine rings is 1. The molecule has 6 nitrogen and oxygen atoms in total. The third-order valence-corrected chi connectivity index (χ3v) is 5.93. The van der Waals surface area contributed by atoms with Crippen LogP contribution in [0.4, 0.5) is 5.82 Å². The lowest BCUT2D eigenvalue weighted by molar-refractivity contribution is -0.118. The maximum absolute atomic E-state index is 12.8. The molecule has 0 bridgehead atoms. The van der Waals surface area contributed by atoms with Crippen molar-refractivity contribution in [2.75, 3.05) is 25.1 Å². The standard InChI is InChI=1S/C20H26BrN3O3/c1-4-8-26-11-14-6-7-16(21)23-18(14)24-19(25)15-10-20(12-27-9-5-2)13(3)17(20)22-15/h4-7,13,15,17,22H,1-2,8-12H2,3H3,(H,23,24,25)/t13-,15+,17+,20+/m1/s1. The molecule has 3 rings (SSSR count). The molecule has 1 aromatic rings. The number of pyridine rings is 1. The smallest absolute Gasteiger partial charge is 0.242 e. The molecule has 1 saturated heterocycles. The monoisotopic (exact) mass is 435 g/mol. The number of carbonyl (C=O) groups is 1. The fourth-order valence-corrected chi connectivity index (χ4v) is 4.21. The number of carbonyl (C=O) groups excluding carboxylic acids is 1. The van der Waals surface area contributed by atoms with E-state index in [1.165, 1.54) is 0 Å². The van der Waals surface area contributed by atoms with Crippen LogP contribution in [0.5, 0.6) is 0 Å². The zero-order valence-electron chi connectivity index (χ0n) is 15.5. The van der Waals surface area contributed by atoms with Crippen LogP contribution in [0, 0.1) is 11.3 Å². The van der Waals surface area contributed by atoms with E-state index in [9.17, 15) is 4.79 Å². The molecule has 1 aliphatic carbocycles. The van der Waals surface area contributed by atoms with Crippen LogP contribution in [-0.2, 0) is 20.9 Å². The molecule has 2 heterocycles. The molecule has 146 valence electrons. The van der Waals surface area contributed by atoms with Gasteiger partial charge in [0.05, 0.1) is 32.5 Å². The van der Waals surface area contributed by atoms with Gasteiger partial charge in [0, 0.05) is 17.0 Å². The van der Waals surface area contributed by atoms with E-state index in [0.29, 0.717) is 48.8 Å². The number of hydrogen-bond acceptors (Lipinski definition) is 5. The van der Waals surface area contributed by atoms with Crippen LogP contribution in [0.2, 0.25) is 0 Å². The molecule has 27 heavy (non-hydrogen) atoms. The second kappa shape index (κ2) is 8.65. The first kappa shape index (κ1) is 20.2. The van der Waals surface area contributed by atoms with E-state index in [1.807, 2.05) is 12.1 Å². The average Bonchev–Trinajstić information content (AvgIpc) is 3.01. The van der Waals surface area contributed by atoms with Crippen molar-refractivity contribution in [3.8, 4) is 0 Å². The average molecular weight is 436 g/mol. The van der Waals surface area contributed by atoms with Gasteiger partial charge in [-0.15, -0.1) is 13.2 Å². The summed E-state index contributed by atoms with van der Waals surface area (Å²) in [7, 11) is 0. The number of rotatable bonds is 10. The minimum absolute atomic E-state index is 0.0472. The Labute approximate surface area is 168 Å². The second-order valence-corrected chi connectivity index (χ2v) is 7.97. The molecule has 7 heteroatoms. The minimum Gasteiger partial charge on any atom is -0.377 e. The van der Waals surface area contributed by atoms with Crippen molar-refractivity contribution in [2.45, 2.75) is 32.0 Å². The molecule has 1 aliphatic heterocycles. The van der Waals surface area contributed by atoms with E-state index in [-0.39, 0.29) is 17.4 Å². The summed E-state index contributed by atoms with van der Waals surface area (Å²) in [6.45, 7) is 11.5. The van der Waals surface area contributed by atoms with Crippen molar-refractivity contribution < 1.29 is 14.3 Å². The molecule has 2 N–H and O–H groups in total. The number of hydrogen-bond donors (Lipinski definition) is 2. The highest BCUT2D eigenvalue weighted by Crippen LogP contribution is 2.59. The van der Waals surface area contributed by atoms with Gasteiger partial charge in [-0.1, -0.05) is 25.1 Å².